The lowest BCUT2D eigenvalue weighted by molar-refractivity contribution is 0.191. The van der Waals surface area contributed by atoms with Gasteiger partial charge < -0.3 is 10.5 Å². The predicted molar refractivity (Wildman–Crippen MR) is 65.5 cm³/mol. The molecule has 4 nitrogen and oxygen atoms in total. The molecule has 1 heterocycles. The van der Waals surface area contributed by atoms with Crippen molar-refractivity contribution < 1.29 is 4.74 Å². The zero-order chi connectivity index (χ0) is 12.3. The number of hydrogen-bond donors (Lipinski definition) is 1. The molecule has 0 atom stereocenters. The fourth-order valence-electron chi connectivity index (χ4n) is 1.12. The van der Waals surface area contributed by atoms with Crippen molar-refractivity contribution in [1.29, 1.82) is 0 Å². The first-order valence-corrected chi connectivity index (χ1v) is 5.55. The van der Waals surface area contributed by atoms with E-state index >= 15 is 0 Å². The quantitative estimate of drug-likeness (QED) is 0.855. The van der Waals surface area contributed by atoms with Crippen LogP contribution in [0.4, 0.5) is 5.95 Å². The van der Waals surface area contributed by atoms with Gasteiger partial charge in [0.2, 0.25) is 11.8 Å². The van der Waals surface area contributed by atoms with Gasteiger partial charge in [-0.1, -0.05) is 34.6 Å². The summed E-state index contributed by atoms with van der Waals surface area (Å²) in [6, 6.07) is 1.85. The van der Waals surface area contributed by atoms with E-state index in [1.165, 1.54) is 0 Å². The molecule has 1 aromatic rings. The molecular weight excluding hydrogens is 202 g/mol. The monoisotopic (exact) mass is 223 g/mol. The second-order valence-corrected chi connectivity index (χ2v) is 5.49. The largest absolute Gasteiger partial charge is 0.477 e. The lowest BCUT2D eigenvalue weighted by Crippen LogP contribution is -2.18. The molecule has 1 aromatic heterocycles. The topological polar surface area (TPSA) is 61.0 Å². The summed E-state index contributed by atoms with van der Waals surface area (Å²) in [6.07, 6.45) is 0. The second kappa shape index (κ2) is 4.68. The number of rotatable bonds is 3. The Labute approximate surface area is 97.2 Å². The smallest absolute Gasteiger partial charge is 0.223 e. The zero-order valence-electron chi connectivity index (χ0n) is 10.7. The minimum absolute atomic E-state index is 0.109. The average Bonchev–Trinajstić information content (AvgIpc) is 2.13. The highest BCUT2D eigenvalue weighted by molar-refractivity contribution is 5.27. The van der Waals surface area contributed by atoms with Gasteiger partial charge in [-0.15, -0.1) is 0 Å². The van der Waals surface area contributed by atoms with Gasteiger partial charge >= 0.3 is 0 Å². The van der Waals surface area contributed by atoms with Crippen molar-refractivity contribution in [1.82, 2.24) is 9.97 Å². The van der Waals surface area contributed by atoms with Crippen molar-refractivity contribution in [3.8, 4) is 5.88 Å². The van der Waals surface area contributed by atoms with Crippen molar-refractivity contribution in [3.63, 3.8) is 0 Å². The van der Waals surface area contributed by atoms with Gasteiger partial charge in [0.25, 0.3) is 0 Å². The molecule has 0 saturated carbocycles. The summed E-state index contributed by atoms with van der Waals surface area (Å²) >= 11 is 0. The van der Waals surface area contributed by atoms with E-state index in [0.29, 0.717) is 18.4 Å². The Morgan fingerprint density at radius 2 is 1.94 bits per heavy atom. The number of nitrogens with two attached hydrogens (primary N) is 1. The van der Waals surface area contributed by atoms with Gasteiger partial charge in [-0.25, -0.2) is 4.98 Å². The Morgan fingerprint density at radius 1 is 1.31 bits per heavy atom. The third-order valence-electron chi connectivity index (χ3n) is 1.98. The van der Waals surface area contributed by atoms with Gasteiger partial charge in [-0.2, -0.15) is 4.98 Å². The molecule has 0 radical (unpaired) electrons. The van der Waals surface area contributed by atoms with Crippen LogP contribution in [0.1, 0.15) is 46.2 Å². The lowest BCUT2D eigenvalue weighted by Gasteiger charge is -2.18. The Balaban J connectivity index is 2.81. The molecular formula is C12H21N3O. The standard InChI is InChI=1S/C12H21N3O/c1-8(2)9-6-10(15-11(13)14-9)16-7-12(3,4)5/h6,8H,7H2,1-5H3,(H2,13,14,15). The molecule has 0 fully saturated rings. The highest BCUT2D eigenvalue weighted by atomic mass is 16.5. The summed E-state index contributed by atoms with van der Waals surface area (Å²) in [5.74, 6) is 1.16. The van der Waals surface area contributed by atoms with E-state index in [4.69, 9.17) is 10.5 Å². The van der Waals surface area contributed by atoms with E-state index in [0.717, 1.165) is 5.69 Å². The van der Waals surface area contributed by atoms with E-state index in [1.807, 2.05) is 6.07 Å². The lowest BCUT2D eigenvalue weighted by atomic mass is 9.99. The Kier molecular flexibility index (Phi) is 3.73. The highest BCUT2D eigenvalue weighted by Crippen LogP contribution is 2.20. The normalized spacial score (nSPS) is 11.9. The van der Waals surface area contributed by atoms with Crippen LogP contribution >= 0.6 is 0 Å². The molecule has 0 aliphatic rings. The van der Waals surface area contributed by atoms with Crippen molar-refractivity contribution in [2.45, 2.75) is 40.5 Å². The number of aromatic nitrogens is 2. The number of anilines is 1. The Hall–Kier alpha value is -1.32. The van der Waals surface area contributed by atoms with Crippen molar-refractivity contribution in [2.75, 3.05) is 12.3 Å². The summed E-state index contributed by atoms with van der Waals surface area (Å²) in [4.78, 5) is 8.23. The van der Waals surface area contributed by atoms with Crippen LogP contribution in [0, 0.1) is 5.41 Å². The Morgan fingerprint density at radius 3 is 2.44 bits per heavy atom. The first-order valence-electron chi connectivity index (χ1n) is 5.55. The van der Waals surface area contributed by atoms with E-state index in [9.17, 15) is 0 Å². The molecule has 0 aliphatic heterocycles. The van der Waals surface area contributed by atoms with Crippen LogP contribution in [0.2, 0.25) is 0 Å². The van der Waals surface area contributed by atoms with Gasteiger partial charge in [0.1, 0.15) is 0 Å². The molecule has 0 aromatic carbocycles. The molecule has 1 rings (SSSR count). The van der Waals surface area contributed by atoms with E-state index in [2.05, 4.69) is 44.6 Å². The summed E-state index contributed by atoms with van der Waals surface area (Å²) in [7, 11) is 0. The van der Waals surface area contributed by atoms with Gasteiger partial charge in [-0.05, 0) is 11.3 Å². The van der Waals surface area contributed by atoms with Crippen LogP contribution < -0.4 is 10.5 Å². The van der Waals surface area contributed by atoms with Crippen LogP contribution in [-0.4, -0.2) is 16.6 Å². The summed E-state index contributed by atoms with van der Waals surface area (Å²) in [6.45, 7) is 11.1. The summed E-state index contributed by atoms with van der Waals surface area (Å²) in [5.41, 5.74) is 6.66. The molecule has 0 aliphatic carbocycles. The maximum Gasteiger partial charge on any atom is 0.223 e. The fourth-order valence-corrected chi connectivity index (χ4v) is 1.12. The van der Waals surface area contributed by atoms with E-state index in [-0.39, 0.29) is 11.4 Å². The van der Waals surface area contributed by atoms with Gasteiger partial charge in [0.05, 0.1) is 12.3 Å². The van der Waals surface area contributed by atoms with Gasteiger partial charge in [-0.3, -0.25) is 0 Å². The molecule has 16 heavy (non-hydrogen) atoms. The molecule has 4 heteroatoms. The molecule has 0 unspecified atom stereocenters. The minimum atomic E-state index is 0.109. The van der Waals surface area contributed by atoms with E-state index < -0.39 is 0 Å². The van der Waals surface area contributed by atoms with Crippen LogP contribution in [0.3, 0.4) is 0 Å². The number of ether oxygens (including phenoxy) is 1. The van der Waals surface area contributed by atoms with Crippen LogP contribution in [0.25, 0.3) is 0 Å². The maximum atomic E-state index is 5.63. The molecule has 90 valence electrons. The van der Waals surface area contributed by atoms with Gasteiger partial charge in [0, 0.05) is 6.07 Å². The fraction of sp³-hybridized carbons (Fsp3) is 0.667. The number of nitrogens with zero attached hydrogens (tertiary/aromatic N) is 2. The van der Waals surface area contributed by atoms with Crippen molar-refractivity contribution in [2.24, 2.45) is 5.41 Å². The average molecular weight is 223 g/mol. The minimum Gasteiger partial charge on any atom is -0.477 e. The first kappa shape index (κ1) is 12.7. The summed E-state index contributed by atoms with van der Waals surface area (Å²) in [5, 5.41) is 0. The van der Waals surface area contributed by atoms with Crippen molar-refractivity contribution >= 4 is 5.95 Å². The Bertz CT molecular complexity index is 356. The predicted octanol–water partition coefficient (Wildman–Crippen LogP) is 2.61. The second-order valence-electron chi connectivity index (χ2n) is 5.49. The third kappa shape index (κ3) is 4.04. The van der Waals surface area contributed by atoms with E-state index in [1.54, 1.807) is 0 Å². The summed E-state index contributed by atoms with van der Waals surface area (Å²) < 4.78 is 5.61. The zero-order valence-corrected chi connectivity index (χ0v) is 10.7. The van der Waals surface area contributed by atoms with Crippen molar-refractivity contribution in [3.05, 3.63) is 11.8 Å². The first-order chi connectivity index (χ1) is 7.28. The molecule has 0 amide bonds. The van der Waals surface area contributed by atoms with Crippen LogP contribution in [0.5, 0.6) is 5.88 Å². The maximum absolute atomic E-state index is 5.63. The van der Waals surface area contributed by atoms with Crippen LogP contribution in [0.15, 0.2) is 6.07 Å². The number of hydrogen-bond acceptors (Lipinski definition) is 4. The third-order valence-corrected chi connectivity index (χ3v) is 1.98. The molecule has 0 saturated heterocycles. The molecule has 0 bridgehead atoms. The number of nitrogen functional groups attached to an aromatic ring is 1. The SMILES string of the molecule is CC(C)c1cc(OCC(C)(C)C)nc(N)n1. The molecule has 2 N–H and O–H groups in total. The van der Waals surface area contributed by atoms with Crippen LogP contribution in [-0.2, 0) is 0 Å². The highest BCUT2D eigenvalue weighted by Gasteiger charge is 2.13. The van der Waals surface area contributed by atoms with Gasteiger partial charge in [0.15, 0.2) is 0 Å². The molecule has 0 spiro atoms.